The number of hydrogen-bond donors (Lipinski definition) is 2. The van der Waals surface area contributed by atoms with Crippen LogP contribution in [-0.4, -0.2) is 50.3 Å². The molecule has 0 spiro atoms. The van der Waals surface area contributed by atoms with Crippen LogP contribution in [0.2, 0.25) is 0 Å². The third-order valence-corrected chi connectivity index (χ3v) is 4.44. The highest BCUT2D eigenvalue weighted by Gasteiger charge is 2.46. The third kappa shape index (κ3) is 4.69. The topological polar surface area (TPSA) is 77.8 Å². The van der Waals surface area contributed by atoms with Gasteiger partial charge in [0.15, 0.2) is 0 Å². The van der Waals surface area contributed by atoms with Gasteiger partial charge < -0.3 is 15.1 Å². The van der Waals surface area contributed by atoms with Gasteiger partial charge in [0.25, 0.3) is 0 Å². The fraction of sp³-hybridized carbons (Fsp3) is 0.846. The molecule has 1 saturated heterocycles. The molecular weight excluding hydrogens is 266 g/mol. The quantitative estimate of drug-likeness (QED) is 0.665. The van der Waals surface area contributed by atoms with E-state index in [1.165, 1.54) is 0 Å². The molecule has 0 saturated carbocycles. The largest absolute Gasteiger partial charge is 0.481 e. The number of rotatable bonds is 8. The van der Waals surface area contributed by atoms with Crippen molar-refractivity contribution in [3.05, 3.63) is 0 Å². The smallest absolute Gasteiger partial charge is 0.303 e. The number of carbonyl (C=O) groups is 2. The lowest BCUT2D eigenvalue weighted by Crippen LogP contribution is -2.43. The van der Waals surface area contributed by atoms with Crippen molar-refractivity contribution in [2.45, 2.75) is 56.9 Å². The molecule has 110 valence electrons. The summed E-state index contributed by atoms with van der Waals surface area (Å²) in [4.78, 5) is 24.1. The molecule has 0 aromatic rings. The normalized spacial score (nSPS) is 27.0. The first-order valence-electron chi connectivity index (χ1n) is 6.75. The van der Waals surface area contributed by atoms with Crippen molar-refractivity contribution in [3.63, 3.8) is 0 Å². The Morgan fingerprint density at radius 2 is 2.16 bits per heavy atom. The predicted molar refractivity (Wildman–Crippen MR) is 75.0 cm³/mol. The van der Waals surface area contributed by atoms with Gasteiger partial charge in [0.1, 0.15) is 5.72 Å². The minimum absolute atomic E-state index is 0.00934. The van der Waals surface area contributed by atoms with Gasteiger partial charge in [-0.25, -0.2) is 0 Å². The molecule has 0 bridgehead atoms. The molecule has 6 heteroatoms. The molecular formula is C13H23NO4S. The fourth-order valence-electron chi connectivity index (χ4n) is 2.37. The summed E-state index contributed by atoms with van der Waals surface area (Å²) < 4.78 is 0. The molecule has 0 aromatic heterocycles. The number of carbonyl (C=O) groups excluding carboxylic acids is 1. The molecule has 2 atom stereocenters. The zero-order chi connectivity index (χ0) is 14.5. The molecule has 1 amide bonds. The Balaban J connectivity index is 2.39. The number of hydrogen-bond acceptors (Lipinski definition) is 4. The number of aliphatic hydroxyl groups is 1. The van der Waals surface area contributed by atoms with Crippen LogP contribution < -0.4 is 0 Å². The van der Waals surface area contributed by atoms with Gasteiger partial charge in [0.05, 0.1) is 5.25 Å². The summed E-state index contributed by atoms with van der Waals surface area (Å²) in [5, 5.41) is 18.7. The number of thioether (sulfide) groups is 1. The summed E-state index contributed by atoms with van der Waals surface area (Å²) in [6.07, 6.45) is 2.75. The second kappa shape index (κ2) is 7.14. The van der Waals surface area contributed by atoms with Crippen LogP contribution in [0.5, 0.6) is 0 Å². The summed E-state index contributed by atoms with van der Waals surface area (Å²) in [6, 6.07) is 0. The van der Waals surface area contributed by atoms with Gasteiger partial charge in [0.2, 0.25) is 5.91 Å². The van der Waals surface area contributed by atoms with E-state index in [4.69, 9.17) is 5.11 Å². The summed E-state index contributed by atoms with van der Waals surface area (Å²) in [7, 11) is 0. The van der Waals surface area contributed by atoms with E-state index in [2.05, 4.69) is 0 Å². The van der Waals surface area contributed by atoms with Gasteiger partial charge >= 0.3 is 5.97 Å². The summed E-state index contributed by atoms with van der Waals surface area (Å²) >= 11 is 1.57. The maximum absolute atomic E-state index is 12.1. The van der Waals surface area contributed by atoms with Crippen molar-refractivity contribution < 1.29 is 19.8 Å². The maximum atomic E-state index is 12.1. The first-order chi connectivity index (χ1) is 8.88. The molecule has 1 heterocycles. The standard InChI is InChI=1S/C13H23NO4S/c1-3-19-10-9-13(2,18)14(12(10)17)8-6-4-5-7-11(15)16/h10,18H,3-9H2,1-2H3,(H,15,16). The maximum Gasteiger partial charge on any atom is 0.303 e. The molecule has 2 unspecified atom stereocenters. The van der Waals surface area contributed by atoms with E-state index in [-0.39, 0.29) is 17.6 Å². The van der Waals surface area contributed by atoms with Crippen molar-refractivity contribution in [2.24, 2.45) is 0 Å². The van der Waals surface area contributed by atoms with Crippen LogP contribution in [0.3, 0.4) is 0 Å². The van der Waals surface area contributed by atoms with E-state index < -0.39 is 11.7 Å². The molecule has 1 rings (SSSR count). The summed E-state index contributed by atoms with van der Waals surface area (Å²) in [5.41, 5.74) is -1.06. The van der Waals surface area contributed by atoms with Crippen molar-refractivity contribution in [3.8, 4) is 0 Å². The second-order valence-electron chi connectivity index (χ2n) is 5.06. The monoisotopic (exact) mass is 289 g/mol. The second-order valence-corrected chi connectivity index (χ2v) is 6.54. The zero-order valence-electron chi connectivity index (χ0n) is 11.6. The average Bonchev–Trinajstić information content (AvgIpc) is 2.51. The van der Waals surface area contributed by atoms with Gasteiger partial charge in [-0.05, 0) is 25.5 Å². The summed E-state index contributed by atoms with van der Waals surface area (Å²) in [6.45, 7) is 4.19. The Kier molecular flexibility index (Phi) is 6.13. The third-order valence-electron chi connectivity index (χ3n) is 3.34. The van der Waals surface area contributed by atoms with Crippen LogP contribution in [0.1, 0.15) is 46.0 Å². The highest BCUT2D eigenvalue weighted by molar-refractivity contribution is 8.00. The Bertz CT molecular complexity index is 333. The fourth-order valence-corrected chi connectivity index (χ4v) is 3.47. The Labute approximate surface area is 118 Å². The molecule has 0 radical (unpaired) electrons. The van der Waals surface area contributed by atoms with Crippen molar-refractivity contribution >= 4 is 23.6 Å². The molecule has 1 fully saturated rings. The molecule has 1 aliphatic heterocycles. The molecule has 0 aliphatic carbocycles. The number of amides is 1. The van der Waals surface area contributed by atoms with Gasteiger partial charge in [-0.3, -0.25) is 9.59 Å². The van der Waals surface area contributed by atoms with Crippen LogP contribution in [0.4, 0.5) is 0 Å². The number of carboxylic acid groups (broad SMARTS) is 1. The zero-order valence-corrected chi connectivity index (χ0v) is 12.4. The molecule has 19 heavy (non-hydrogen) atoms. The first-order valence-corrected chi connectivity index (χ1v) is 7.80. The minimum Gasteiger partial charge on any atom is -0.481 e. The average molecular weight is 289 g/mol. The van der Waals surface area contributed by atoms with Gasteiger partial charge in [0, 0.05) is 19.4 Å². The first kappa shape index (κ1) is 16.3. The summed E-state index contributed by atoms with van der Waals surface area (Å²) in [5.74, 6) is 0.0811. The van der Waals surface area contributed by atoms with Crippen molar-refractivity contribution in [1.82, 2.24) is 4.90 Å². The molecule has 0 aromatic carbocycles. The van der Waals surface area contributed by atoms with Crippen LogP contribution in [0, 0.1) is 0 Å². The van der Waals surface area contributed by atoms with Crippen molar-refractivity contribution in [2.75, 3.05) is 12.3 Å². The Hall–Kier alpha value is -0.750. The Morgan fingerprint density at radius 3 is 2.74 bits per heavy atom. The molecule has 1 aliphatic rings. The van der Waals surface area contributed by atoms with E-state index in [1.54, 1.807) is 23.6 Å². The van der Waals surface area contributed by atoms with Gasteiger partial charge in [-0.1, -0.05) is 13.3 Å². The number of nitrogens with zero attached hydrogens (tertiary/aromatic N) is 1. The van der Waals surface area contributed by atoms with E-state index >= 15 is 0 Å². The van der Waals surface area contributed by atoms with Crippen LogP contribution in [0.15, 0.2) is 0 Å². The van der Waals surface area contributed by atoms with E-state index in [9.17, 15) is 14.7 Å². The van der Waals surface area contributed by atoms with E-state index in [0.717, 1.165) is 18.6 Å². The highest BCUT2D eigenvalue weighted by atomic mass is 32.2. The minimum atomic E-state index is -1.06. The van der Waals surface area contributed by atoms with E-state index in [1.807, 2.05) is 6.92 Å². The molecule has 5 nitrogen and oxygen atoms in total. The SMILES string of the molecule is CCSC1CC(C)(O)N(CCCCCC(=O)O)C1=O. The van der Waals surface area contributed by atoms with E-state index in [0.29, 0.717) is 19.4 Å². The number of carboxylic acids is 1. The number of aliphatic carboxylic acids is 1. The lowest BCUT2D eigenvalue weighted by Gasteiger charge is -2.29. The lowest BCUT2D eigenvalue weighted by molar-refractivity contribution is -0.142. The van der Waals surface area contributed by atoms with Crippen molar-refractivity contribution in [1.29, 1.82) is 0 Å². The van der Waals surface area contributed by atoms with Crippen LogP contribution >= 0.6 is 11.8 Å². The van der Waals surface area contributed by atoms with Crippen LogP contribution in [0.25, 0.3) is 0 Å². The number of likely N-dealkylation sites (tertiary alicyclic amines) is 1. The molecule has 2 N–H and O–H groups in total. The highest BCUT2D eigenvalue weighted by Crippen LogP contribution is 2.34. The van der Waals surface area contributed by atoms with Gasteiger partial charge in [-0.2, -0.15) is 0 Å². The lowest BCUT2D eigenvalue weighted by atomic mass is 10.1. The van der Waals surface area contributed by atoms with Gasteiger partial charge in [-0.15, -0.1) is 11.8 Å². The predicted octanol–water partition coefficient (Wildman–Crippen LogP) is 1.69. The Morgan fingerprint density at radius 1 is 1.47 bits per heavy atom. The van der Waals surface area contributed by atoms with Crippen LogP contribution in [-0.2, 0) is 9.59 Å². The number of unbranched alkanes of at least 4 members (excludes halogenated alkanes) is 2.